The van der Waals surface area contributed by atoms with Crippen molar-refractivity contribution in [2.45, 2.75) is 26.9 Å². The molecule has 2 aromatic carbocycles. The zero-order chi connectivity index (χ0) is 24.8. The number of carbonyl (C=O) groups is 2. The molecule has 0 saturated carbocycles. The Morgan fingerprint density at radius 2 is 1.79 bits per heavy atom. The normalized spacial score (nSPS) is 11.7. The van der Waals surface area contributed by atoms with Crippen molar-refractivity contribution in [2.24, 2.45) is 0 Å². The summed E-state index contributed by atoms with van der Waals surface area (Å²) in [5.41, 5.74) is 1.89. The van der Waals surface area contributed by atoms with Gasteiger partial charge >= 0.3 is 12.1 Å². The Hall–Kier alpha value is -3.33. The van der Waals surface area contributed by atoms with Gasteiger partial charge in [0.25, 0.3) is 0 Å². The maximum Gasteiger partial charge on any atom is 0.416 e. The predicted molar refractivity (Wildman–Crippen MR) is 124 cm³/mol. The molecule has 0 amide bonds. The number of hydrogen-bond donors (Lipinski definition) is 0. The molecule has 0 atom stereocenters. The number of ketones is 1. The summed E-state index contributed by atoms with van der Waals surface area (Å²) < 4.78 is 52.6. The van der Waals surface area contributed by atoms with Crippen LogP contribution in [0, 0.1) is 20.8 Å². The van der Waals surface area contributed by atoms with Gasteiger partial charge in [-0.2, -0.15) is 13.2 Å². The lowest BCUT2D eigenvalue weighted by molar-refractivity contribution is -0.137. The fourth-order valence-electron chi connectivity index (χ4n) is 3.93. The van der Waals surface area contributed by atoms with Crippen molar-refractivity contribution in [3.05, 3.63) is 86.8 Å². The van der Waals surface area contributed by atoms with Crippen molar-refractivity contribution in [2.75, 3.05) is 6.61 Å². The molecule has 0 N–H and O–H groups in total. The lowest BCUT2D eigenvalue weighted by Gasteiger charge is -2.13. The number of esters is 1. The number of nitrogens with zero attached hydrogens (tertiary/aromatic N) is 1. The maximum atomic E-state index is 13.1. The third kappa shape index (κ3) is 4.40. The molecule has 176 valence electrons. The van der Waals surface area contributed by atoms with Crippen molar-refractivity contribution < 1.29 is 31.9 Å². The summed E-state index contributed by atoms with van der Waals surface area (Å²) in [6, 6.07) is 11.7. The molecular weight excluding hydrogens is 515 g/mol. The number of furan rings is 1. The van der Waals surface area contributed by atoms with E-state index in [0.717, 1.165) is 22.0 Å². The number of carbonyl (C=O) groups excluding carboxylic acids is 2. The molecule has 0 aliphatic heterocycles. The van der Waals surface area contributed by atoms with E-state index in [-0.39, 0.29) is 17.0 Å². The van der Waals surface area contributed by atoms with Gasteiger partial charge in [0.15, 0.2) is 6.61 Å². The van der Waals surface area contributed by atoms with E-state index < -0.39 is 30.1 Å². The van der Waals surface area contributed by atoms with Crippen LogP contribution in [0.5, 0.6) is 0 Å². The molecule has 0 spiro atoms. The van der Waals surface area contributed by atoms with Crippen molar-refractivity contribution in [3.8, 4) is 5.69 Å². The van der Waals surface area contributed by atoms with E-state index in [9.17, 15) is 22.8 Å². The number of rotatable bonds is 5. The van der Waals surface area contributed by atoms with E-state index in [1.807, 2.05) is 6.07 Å². The van der Waals surface area contributed by atoms with Crippen LogP contribution in [0.2, 0.25) is 0 Å². The highest BCUT2D eigenvalue weighted by molar-refractivity contribution is 9.10. The fourth-order valence-corrected chi connectivity index (χ4v) is 4.29. The van der Waals surface area contributed by atoms with Gasteiger partial charge in [-0.05, 0) is 63.2 Å². The second-order valence-electron chi connectivity index (χ2n) is 7.86. The van der Waals surface area contributed by atoms with E-state index in [0.29, 0.717) is 22.5 Å². The SMILES string of the molecule is Cc1c(C(=O)OCC(=O)c2cc(C)n(-c3cccc(C(F)(F)F)c3)c2C)oc2ccc(Br)cc12. The van der Waals surface area contributed by atoms with Crippen LogP contribution in [0.3, 0.4) is 0 Å². The fraction of sp³-hybridized carbons (Fsp3) is 0.200. The molecule has 4 aromatic rings. The Morgan fingerprint density at radius 3 is 2.50 bits per heavy atom. The predicted octanol–water partition coefficient (Wildman–Crippen LogP) is 6.97. The first-order chi connectivity index (χ1) is 16.0. The number of aromatic nitrogens is 1. The standard InChI is InChI=1S/C25H19BrF3NO4/c1-13-9-20(15(3)30(13)18-6-4-5-16(10-18)25(27,28)29)21(31)12-33-24(32)23-14(2)19-11-17(26)7-8-22(19)34-23/h4-11H,12H2,1-3H3. The molecule has 0 aliphatic rings. The lowest BCUT2D eigenvalue weighted by atomic mass is 10.1. The molecule has 4 rings (SSSR count). The first-order valence-corrected chi connectivity index (χ1v) is 11.0. The minimum Gasteiger partial charge on any atom is -0.451 e. The molecule has 2 heterocycles. The Labute approximate surface area is 201 Å². The Kier molecular flexibility index (Phi) is 6.16. The summed E-state index contributed by atoms with van der Waals surface area (Å²) in [7, 11) is 0. The Bertz CT molecular complexity index is 1430. The van der Waals surface area contributed by atoms with Gasteiger partial charge in [-0.1, -0.05) is 22.0 Å². The summed E-state index contributed by atoms with van der Waals surface area (Å²) in [6.07, 6.45) is -4.48. The average Bonchev–Trinajstić information content (AvgIpc) is 3.27. The molecule has 0 radical (unpaired) electrons. The van der Waals surface area contributed by atoms with Crippen molar-refractivity contribution in [1.82, 2.24) is 4.57 Å². The van der Waals surface area contributed by atoms with E-state index in [1.54, 1.807) is 43.5 Å². The van der Waals surface area contributed by atoms with Gasteiger partial charge < -0.3 is 13.7 Å². The van der Waals surface area contributed by atoms with Gasteiger partial charge in [0, 0.05) is 38.1 Å². The number of Topliss-reactive ketones (excluding diaryl/α,β-unsaturated/α-hetero) is 1. The molecular formula is C25H19BrF3NO4. The average molecular weight is 534 g/mol. The molecule has 0 aliphatic carbocycles. The number of aryl methyl sites for hydroxylation is 2. The summed E-state index contributed by atoms with van der Waals surface area (Å²) in [5, 5.41) is 0.747. The van der Waals surface area contributed by atoms with Crippen LogP contribution in [0.4, 0.5) is 13.2 Å². The summed E-state index contributed by atoms with van der Waals surface area (Å²) in [4.78, 5) is 25.4. The first kappa shape index (κ1) is 23.8. The second-order valence-corrected chi connectivity index (χ2v) is 8.78. The molecule has 2 aromatic heterocycles. The Morgan fingerprint density at radius 1 is 1.06 bits per heavy atom. The zero-order valence-corrected chi connectivity index (χ0v) is 20.0. The highest BCUT2D eigenvalue weighted by Gasteiger charge is 2.31. The van der Waals surface area contributed by atoms with Crippen molar-refractivity contribution in [1.29, 1.82) is 0 Å². The molecule has 9 heteroatoms. The van der Waals surface area contributed by atoms with E-state index >= 15 is 0 Å². The molecule has 0 fully saturated rings. The molecule has 0 unspecified atom stereocenters. The molecule has 0 bridgehead atoms. The Balaban J connectivity index is 1.55. The van der Waals surface area contributed by atoms with Crippen molar-refractivity contribution in [3.63, 3.8) is 0 Å². The minimum atomic E-state index is -4.48. The third-order valence-corrected chi connectivity index (χ3v) is 6.07. The summed E-state index contributed by atoms with van der Waals surface area (Å²) in [6.45, 7) is 4.50. The summed E-state index contributed by atoms with van der Waals surface area (Å²) in [5.74, 6) is -1.24. The van der Waals surface area contributed by atoms with Gasteiger partial charge in [0.1, 0.15) is 5.58 Å². The quantitative estimate of drug-likeness (QED) is 0.205. The maximum absolute atomic E-state index is 13.1. The van der Waals surface area contributed by atoms with Crippen LogP contribution in [-0.2, 0) is 10.9 Å². The number of halogens is 4. The minimum absolute atomic E-state index is 0.00957. The van der Waals surface area contributed by atoms with Gasteiger partial charge in [0.2, 0.25) is 11.5 Å². The van der Waals surface area contributed by atoms with E-state index in [4.69, 9.17) is 9.15 Å². The van der Waals surface area contributed by atoms with Crippen LogP contribution in [0.15, 0.2) is 57.4 Å². The third-order valence-electron chi connectivity index (χ3n) is 5.58. The smallest absolute Gasteiger partial charge is 0.416 e. The molecule has 0 saturated heterocycles. The summed E-state index contributed by atoms with van der Waals surface area (Å²) >= 11 is 3.37. The molecule has 34 heavy (non-hydrogen) atoms. The number of alkyl halides is 3. The van der Waals surface area contributed by atoms with E-state index in [2.05, 4.69) is 15.9 Å². The van der Waals surface area contributed by atoms with Crippen LogP contribution >= 0.6 is 15.9 Å². The number of hydrogen-bond acceptors (Lipinski definition) is 4. The van der Waals surface area contributed by atoms with Gasteiger partial charge in [-0.3, -0.25) is 4.79 Å². The van der Waals surface area contributed by atoms with Gasteiger partial charge in [-0.15, -0.1) is 0 Å². The van der Waals surface area contributed by atoms with Crippen LogP contribution < -0.4 is 0 Å². The number of ether oxygens (including phenoxy) is 1. The largest absolute Gasteiger partial charge is 0.451 e. The molecule has 5 nitrogen and oxygen atoms in total. The highest BCUT2D eigenvalue weighted by Crippen LogP contribution is 2.32. The number of fused-ring (bicyclic) bond motifs is 1. The highest BCUT2D eigenvalue weighted by atomic mass is 79.9. The topological polar surface area (TPSA) is 61.4 Å². The zero-order valence-electron chi connectivity index (χ0n) is 18.4. The lowest BCUT2D eigenvalue weighted by Crippen LogP contribution is -2.15. The van der Waals surface area contributed by atoms with Crippen LogP contribution in [-0.4, -0.2) is 22.9 Å². The first-order valence-electron chi connectivity index (χ1n) is 10.2. The van der Waals surface area contributed by atoms with Crippen LogP contribution in [0.25, 0.3) is 16.7 Å². The van der Waals surface area contributed by atoms with E-state index in [1.165, 1.54) is 12.1 Å². The monoisotopic (exact) mass is 533 g/mol. The van der Waals surface area contributed by atoms with Crippen LogP contribution in [0.1, 0.15) is 43.4 Å². The second kappa shape index (κ2) is 8.79. The van der Waals surface area contributed by atoms with Gasteiger partial charge in [0.05, 0.1) is 5.56 Å². The van der Waals surface area contributed by atoms with Crippen molar-refractivity contribution >= 4 is 38.7 Å². The van der Waals surface area contributed by atoms with Gasteiger partial charge in [-0.25, -0.2) is 4.79 Å². The number of benzene rings is 2.